The van der Waals surface area contributed by atoms with Crippen LogP contribution < -0.4 is 10.5 Å². The van der Waals surface area contributed by atoms with Gasteiger partial charge in [-0.05, 0) is 57.6 Å². The van der Waals surface area contributed by atoms with Crippen LogP contribution in [0.25, 0.3) is 0 Å². The second-order valence-electron chi connectivity index (χ2n) is 6.39. The molecule has 0 aliphatic heterocycles. The van der Waals surface area contributed by atoms with Gasteiger partial charge in [-0.2, -0.15) is 0 Å². The Hall–Kier alpha value is -1.48. The number of hydrogen-bond acceptors (Lipinski definition) is 2. The summed E-state index contributed by atoms with van der Waals surface area (Å²) < 4.78 is 6.94. The summed E-state index contributed by atoms with van der Waals surface area (Å²) in [7, 11) is 0. The molecule has 0 bridgehead atoms. The Morgan fingerprint density at radius 3 is 2.43 bits per heavy atom. The molecule has 21 heavy (non-hydrogen) atoms. The van der Waals surface area contributed by atoms with Crippen molar-refractivity contribution in [3.8, 4) is 5.75 Å². The van der Waals surface area contributed by atoms with Crippen LogP contribution in [-0.4, -0.2) is 0 Å². The molecule has 0 aliphatic rings. The minimum atomic E-state index is 0.0557. The van der Waals surface area contributed by atoms with E-state index in [0.29, 0.717) is 6.61 Å². The van der Waals surface area contributed by atoms with Gasteiger partial charge in [0, 0.05) is 10.2 Å². The summed E-state index contributed by atoms with van der Waals surface area (Å²) in [6.07, 6.45) is 0. The first-order valence-electron chi connectivity index (χ1n) is 7.05. The van der Waals surface area contributed by atoms with E-state index in [1.165, 1.54) is 11.1 Å². The molecule has 2 nitrogen and oxygen atoms in total. The number of benzene rings is 2. The van der Waals surface area contributed by atoms with E-state index in [1.54, 1.807) is 0 Å². The van der Waals surface area contributed by atoms with Crippen LogP contribution in [0.2, 0.25) is 0 Å². The zero-order chi connectivity index (χ0) is 15.6. The van der Waals surface area contributed by atoms with Crippen molar-refractivity contribution in [1.82, 2.24) is 0 Å². The van der Waals surface area contributed by atoms with E-state index in [9.17, 15) is 0 Å². The molecule has 0 unspecified atom stereocenters. The SMILES string of the molecule is Cc1ccc(OCc2ccc(Br)c(N)c2)c(C(C)(C)C)c1. The highest BCUT2D eigenvalue weighted by molar-refractivity contribution is 9.10. The number of nitrogens with two attached hydrogens (primary N) is 1. The average molecular weight is 348 g/mol. The third kappa shape index (κ3) is 4.01. The summed E-state index contributed by atoms with van der Waals surface area (Å²) in [6, 6.07) is 12.2. The molecule has 2 N–H and O–H groups in total. The van der Waals surface area contributed by atoms with Crippen LogP contribution in [0.15, 0.2) is 40.9 Å². The summed E-state index contributed by atoms with van der Waals surface area (Å²) in [4.78, 5) is 0. The van der Waals surface area contributed by atoms with Crippen molar-refractivity contribution < 1.29 is 4.74 Å². The standard InChI is InChI=1S/C18H22BrNO/c1-12-5-8-17(14(9-12)18(2,3)4)21-11-13-6-7-15(19)16(20)10-13/h5-10H,11,20H2,1-4H3. The molecule has 2 rings (SSSR count). The second kappa shape index (κ2) is 6.10. The number of rotatable bonds is 3. The van der Waals surface area contributed by atoms with Gasteiger partial charge in [-0.1, -0.05) is 44.5 Å². The molecule has 0 atom stereocenters. The minimum absolute atomic E-state index is 0.0557. The van der Waals surface area contributed by atoms with E-state index in [2.05, 4.69) is 61.8 Å². The predicted molar refractivity (Wildman–Crippen MR) is 92.8 cm³/mol. The number of nitrogen functional groups attached to an aromatic ring is 1. The summed E-state index contributed by atoms with van der Waals surface area (Å²) in [6.45, 7) is 9.23. The fourth-order valence-electron chi connectivity index (χ4n) is 2.20. The number of hydrogen-bond donors (Lipinski definition) is 1. The van der Waals surface area contributed by atoms with E-state index < -0.39 is 0 Å². The van der Waals surface area contributed by atoms with Crippen molar-refractivity contribution >= 4 is 21.6 Å². The summed E-state index contributed by atoms with van der Waals surface area (Å²) in [5, 5.41) is 0. The lowest BCUT2D eigenvalue weighted by Crippen LogP contribution is -2.13. The molecule has 112 valence electrons. The Bertz CT molecular complexity index is 644. The zero-order valence-electron chi connectivity index (χ0n) is 13.0. The predicted octanol–water partition coefficient (Wildman–Crippen LogP) is 5.22. The highest BCUT2D eigenvalue weighted by Gasteiger charge is 2.19. The first kappa shape index (κ1) is 15.9. The molecule has 0 saturated heterocycles. The first-order valence-corrected chi connectivity index (χ1v) is 7.84. The van der Waals surface area contributed by atoms with Gasteiger partial charge in [0.1, 0.15) is 12.4 Å². The quantitative estimate of drug-likeness (QED) is 0.772. The van der Waals surface area contributed by atoms with Crippen molar-refractivity contribution in [2.45, 2.75) is 39.7 Å². The van der Waals surface area contributed by atoms with Gasteiger partial charge in [0.15, 0.2) is 0 Å². The monoisotopic (exact) mass is 347 g/mol. The maximum atomic E-state index is 6.03. The lowest BCUT2D eigenvalue weighted by atomic mass is 9.85. The summed E-state index contributed by atoms with van der Waals surface area (Å²) >= 11 is 3.41. The van der Waals surface area contributed by atoms with Crippen LogP contribution >= 0.6 is 15.9 Å². The molecular formula is C18H22BrNO. The largest absolute Gasteiger partial charge is 0.489 e. The maximum absolute atomic E-state index is 6.03. The number of aryl methyl sites for hydroxylation is 1. The van der Waals surface area contributed by atoms with Crippen molar-refractivity contribution in [1.29, 1.82) is 0 Å². The van der Waals surface area contributed by atoms with E-state index >= 15 is 0 Å². The lowest BCUT2D eigenvalue weighted by molar-refractivity contribution is 0.297. The summed E-state index contributed by atoms with van der Waals surface area (Å²) in [5.74, 6) is 0.939. The molecular weight excluding hydrogens is 326 g/mol. The molecule has 0 saturated carbocycles. The van der Waals surface area contributed by atoms with E-state index in [1.807, 2.05) is 18.2 Å². The Balaban J connectivity index is 2.22. The first-order chi connectivity index (χ1) is 9.77. The Kier molecular flexibility index (Phi) is 4.62. The minimum Gasteiger partial charge on any atom is -0.489 e. The molecule has 0 fully saturated rings. The molecule has 0 amide bonds. The van der Waals surface area contributed by atoms with Gasteiger partial charge in [-0.15, -0.1) is 0 Å². The number of anilines is 1. The molecule has 2 aromatic rings. The van der Waals surface area contributed by atoms with Crippen LogP contribution in [0.3, 0.4) is 0 Å². The third-order valence-corrected chi connectivity index (χ3v) is 4.12. The van der Waals surface area contributed by atoms with Crippen LogP contribution in [0.4, 0.5) is 5.69 Å². The van der Waals surface area contributed by atoms with Gasteiger partial charge in [-0.3, -0.25) is 0 Å². The smallest absolute Gasteiger partial charge is 0.123 e. The molecule has 0 heterocycles. The van der Waals surface area contributed by atoms with Gasteiger partial charge in [0.2, 0.25) is 0 Å². The van der Waals surface area contributed by atoms with Crippen LogP contribution in [0.1, 0.15) is 37.5 Å². The van der Waals surface area contributed by atoms with Crippen molar-refractivity contribution in [3.05, 3.63) is 57.6 Å². The van der Waals surface area contributed by atoms with Crippen molar-refractivity contribution in [2.75, 3.05) is 5.73 Å². The summed E-state index contributed by atoms with van der Waals surface area (Å²) in [5.41, 5.74) is 10.2. The third-order valence-electron chi connectivity index (χ3n) is 3.40. The van der Waals surface area contributed by atoms with Crippen molar-refractivity contribution in [2.24, 2.45) is 0 Å². The van der Waals surface area contributed by atoms with Gasteiger partial charge in [-0.25, -0.2) is 0 Å². The molecule has 2 aromatic carbocycles. The van der Waals surface area contributed by atoms with E-state index in [4.69, 9.17) is 10.5 Å². The highest BCUT2D eigenvalue weighted by atomic mass is 79.9. The lowest BCUT2D eigenvalue weighted by Gasteiger charge is -2.23. The maximum Gasteiger partial charge on any atom is 0.123 e. The van der Waals surface area contributed by atoms with E-state index in [-0.39, 0.29) is 5.41 Å². The Morgan fingerprint density at radius 2 is 1.81 bits per heavy atom. The van der Waals surface area contributed by atoms with Gasteiger partial charge in [0.05, 0.1) is 0 Å². The van der Waals surface area contributed by atoms with Crippen LogP contribution in [0, 0.1) is 6.92 Å². The fraction of sp³-hybridized carbons (Fsp3) is 0.333. The number of ether oxygens (including phenoxy) is 1. The normalized spacial score (nSPS) is 11.5. The van der Waals surface area contributed by atoms with Gasteiger partial charge < -0.3 is 10.5 Å². The second-order valence-corrected chi connectivity index (χ2v) is 7.25. The van der Waals surface area contributed by atoms with Gasteiger partial charge in [0.25, 0.3) is 0 Å². The molecule has 0 radical (unpaired) electrons. The molecule has 0 aliphatic carbocycles. The Morgan fingerprint density at radius 1 is 1.10 bits per heavy atom. The van der Waals surface area contributed by atoms with Crippen LogP contribution in [0.5, 0.6) is 5.75 Å². The topological polar surface area (TPSA) is 35.2 Å². The average Bonchev–Trinajstić information content (AvgIpc) is 2.40. The van der Waals surface area contributed by atoms with E-state index in [0.717, 1.165) is 21.5 Å². The highest BCUT2D eigenvalue weighted by Crippen LogP contribution is 2.32. The molecule has 3 heteroatoms. The zero-order valence-corrected chi connectivity index (χ0v) is 14.6. The Labute approximate surface area is 135 Å². The number of halogens is 1. The fourth-order valence-corrected chi connectivity index (χ4v) is 2.45. The van der Waals surface area contributed by atoms with Crippen LogP contribution in [-0.2, 0) is 12.0 Å². The van der Waals surface area contributed by atoms with Crippen molar-refractivity contribution in [3.63, 3.8) is 0 Å². The molecule has 0 spiro atoms. The van der Waals surface area contributed by atoms with Gasteiger partial charge >= 0.3 is 0 Å². The molecule has 0 aromatic heterocycles.